The van der Waals surface area contributed by atoms with Crippen LogP contribution < -0.4 is 16.0 Å². The second-order valence-electron chi connectivity index (χ2n) is 5.39. The van der Waals surface area contributed by atoms with E-state index in [0.29, 0.717) is 12.3 Å². The van der Waals surface area contributed by atoms with Crippen molar-refractivity contribution in [2.45, 2.75) is 26.7 Å². The molecule has 1 aliphatic rings. The van der Waals surface area contributed by atoms with Gasteiger partial charge in [0.25, 0.3) is 0 Å². The summed E-state index contributed by atoms with van der Waals surface area (Å²) in [6.45, 7) is 5.29. The summed E-state index contributed by atoms with van der Waals surface area (Å²) in [5.41, 5.74) is 9.92. The van der Waals surface area contributed by atoms with Gasteiger partial charge in [0.15, 0.2) is 0 Å². The average Bonchev–Trinajstić information content (AvgIpc) is 2.27. The highest BCUT2D eigenvalue weighted by atomic mass is 16.1. The number of nitrogens with two attached hydrogens (primary N) is 1. The highest BCUT2D eigenvalue weighted by Crippen LogP contribution is 2.33. The van der Waals surface area contributed by atoms with Gasteiger partial charge in [-0.3, -0.25) is 4.79 Å². The lowest BCUT2D eigenvalue weighted by atomic mass is 10.0. The van der Waals surface area contributed by atoms with E-state index in [1.165, 1.54) is 0 Å². The summed E-state index contributed by atoms with van der Waals surface area (Å²) < 4.78 is 0. The molecule has 1 heterocycles. The molecule has 0 aromatic heterocycles. The van der Waals surface area contributed by atoms with Crippen molar-refractivity contribution in [3.8, 4) is 0 Å². The fraction of sp³-hybridized carbons (Fsp3) is 0.500. The zero-order chi connectivity index (χ0) is 13.3. The lowest BCUT2D eigenvalue weighted by Crippen LogP contribution is -2.25. The van der Waals surface area contributed by atoms with Crippen LogP contribution >= 0.6 is 0 Å². The predicted octanol–water partition coefficient (Wildman–Crippen LogP) is 2.25. The zero-order valence-corrected chi connectivity index (χ0v) is 11.3. The second kappa shape index (κ2) is 4.88. The molecule has 98 valence electrons. The van der Waals surface area contributed by atoms with Crippen LogP contribution in [0.2, 0.25) is 0 Å². The molecule has 4 nitrogen and oxygen atoms in total. The van der Waals surface area contributed by atoms with Gasteiger partial charge in [-0.1, -0.05) is 13.8 Å². The molecule has 0 saturated carbocycles. The van der Waals surface area contributed by atoms with Gasteiger partial charge in [-0.25, -0.2) is 0 Å². The van der Waals surface area contributed by atoms with E-state index >= 15 is 0 Å². The maximum absolute atomic E-state index is 11.4. The minimum absolute atomic E-state index is 0.0877. The van der Waals surface area contributed by atoms with Gasteiger partial charge in [-0.2, -0.15) is 0 Å². The molecule has 18 heavy (non-hydrogen) atoms. The molecule has 0 spiro atoms. The van der Waals surface area contributed by atoms with Gasteiger partial charge in [-0.15, -0.1) is 0 Å². The van der Waals surface area contributed by atoms with Crippen LogP contribution in [0, 0.1) is 5.92 Å². The van der Waals surface area contributed by atoms with Gasteiger partial charge < -0.3 is 16.0 Å². The van der Waals surface area contributed by atoms with Crippen LogP contribution in [0.4, 0.5) is 17.1 Å². The molecule has 2 rings (SSSR count). The Labute approximate surface area is 108 Å². The second-order valence-corrected chi connectivity index (χ2v) is 5.39. The van der Waals surface area contributed by atoms with E-state index in [1.807, 2.05) is 19.2 Å². The van der Waals surface area contributed by atoms with Crippen LogP contribution in [0.15, 0.2) is 12.1 Å². The molecule has 0 aliphatic carbocycles. The third kappa shape index (κ3) is 2.58. The van der Waals surface area contributed by atoms with Crippen molar-refractivity contribution in [1.82, 2.24) is 0 Å². The van der Waals surface area contributed by atoms with Crippen LogP contribution in [0.3, 0.4) is 0 Å². The van der Waals surface area contributed by atoms with Crippen molar-refractivity contribution in [2.24, 2.45) is 5.92 Å². The number of aryl methyl sites for hydroxylation is 1. The number of nitrogen functional groups attached to an aromatic ring is 1. The first-order chi connectivity index (χ1) is 8.47. The van der Waals surface area contributed by atoms with Crippen molar-refractivity contribution < 1.29 is 4.79 Å². The van der Waals surface area contributed by atoms with E-state index in [0.717, 1.165) is 35.6 Å². The van der Waals surface area contributed by atoms with E-state index in [-0.39, 0.29) is 5.91 Å². The van der Waals surface area contributed by atoms with E-state index in [2.05, 4.69) is 24.1 Å². The smallest absolute Gasteiger partial charge is 0.224 e. The largest absolute Gasteiger partial charge is 0.397 e. The third-order valence-corrected chi connectivity index (χ3v) is 3.20. The Bertz CT molecular complexity index is 468. The van der Waals surface area contributed by atoms with Gasteiger partial charge in [0.2, 0.25) is 5.91 Å². The first-order valence-electron chi connectivity index (χ1n) is 6.40. The number of amides is 1. The summed E-state index contributed by atoms with van der Waals surface area (Å²) in [4.78, 5) is 13.6. The summed E-state index contributed by atoms with van der Waals surface area (Å²) in [5.74, 6) is 0.657. The fourth-order valence-electron chi connectivity index (χ4n) is 2.41. The normalized spacial score (nSPS) is 14.3. The van der Waals surface area contributed by atoms with Gasteiger partial charge in [-0.05, 0) is 30.0 Å². The summed E-state index contributed by atoms with van der Waals surface area (Å²) >= 11 is 0. The van der Waals surface area contributed by atoms with Crippen LogP contribution in [0.1, 0.15) is 25.8 Å². The molecule has 0 bridgehead atoms. The molecule has 1 amide bonds. The molecule has 0 atom stereocenters. The van der Waals surface area contributed by atoms with Crippen molar-refractivity contribution in [1.29, 1.82) is 0 Å². The highest BCUT2D eigenvalue weighted by Gasteiger charge is 2.18. The first-order valence-corrected chi connectivity index (χ1v) is 6.40. The maximum Gasteiger partial charge on any atom is 0.224 e. The summed E-state index contributed by atoms with van der Waals surface area (Å²) in [6.07, 6.45) is 1.33. The summed E-state index contributed by atoms with van der Waals surface area (Å²) in [6, 6.07) is 3.98. The Kier molecular flexibility index (Phi) is 3.45. The number of hydrogen-bond acceptors (Lipinski definition) is 3. The van der Waals surface area contributed by atoms with E-state index < -0.39 is 0 Å². The van der Waals surface area contributed by atoms with Crippen LogP contribution in [-0.4, -0.2) is 19.5 Å². The quantitative estimate of drug-likeness (QED) is 0.805. The van der Waals surface area contributed by atoms with E-state index in [1.54, 1.807) is 0 Å². The van der Waals surface area contributed by atoms with Crippen molar-refractivity contribution in [3.05, 3.63) is 17.7 Å². The number of carbonyl (C=O) groups excluding carboxylic acids is 1. The Balaban J connectivity index is 2.31. The first kappa shape index (κ1) is 12.7. The molecular formula is C14H21N3O. The monoisotopic (exact) mass is 247 g/mol. The number of hydrogen-bond donors (Lipinski definition) is 2. The topological polar surface area (TPSA) is 58.4 Å². The lowest BCUT2D eigenvalue weighted by molar-refractivity contribution is -0.116. The number of benzene rings is 1. The molecular weight excluding hydrogens is 226 g/mol. The number of rotatable bonds is 3. The lowest BCUT2D eigenvalue weighted by Gasteiger charge is -2.26. The minimum atomic E-state index is 0.0877. The number of nitrogens with zero attached hydrogens (tertiary/aromatic N) is 1. The number of nitrogens with one attached hydrogen (secondary N) is 1. The standard InChI is InChI=1S/C14H21N3O/c1-9(2)8-17(3)13-7-12-10(6-11(13)15)4-5-14(18)16-12/h6-7,9H,4-5,8,15H2,1-3H3,(H,16,18). The maximum atomic E-state index is 11.4. The number of carbonyl (C=O) groups is 1. The Morgan fingerprint density at radius 2 is 2.11 bits per heavy atom. The van der Waals surface area contributed by atoms with Gasteiger partial charge in [0.1, 0.15) is 0 Å². The predicted molar refractivity (Wildman–Crippen MR) is 75.9 cm³/mol. The molecule has 4 heteroatoms. The van der Waals surface area contributed by atoms with Gasteiger partial charge in [0, 0.05) is 25.7 Å². The van der Waals surface area contributed by atoms with Crippen molar-refractivity contribution in [2.75, 3.05) is 29.5 Å². The summed E-state index contributed by atoms with van der Waals surface area (Å²) in [5, 5.41) is 2.91. The Hall–Kier alpha value is -1.71. The van der Waals surface area contributed by atoms with Crippen molar-refractivity contribution in [3.63, 3.8) is 0 Å². The van der Waals surface area contributed by atoms with Crippen LogP contribution in [0.5, 0.6) is 0 Å². The number of anilines is 3. The van der Waals surface area contributed by atoms with Crippen LogP contribution in [0.25, 0.3) is 0 Å². The van der Waals surface area contributed by atoms with Gasteiger partial charge in [0.05, 0.1) is 11.4 Å². The molecule has 1 aromatic carbocycles. The average molecular weight is 247 g/mol. The fourth-order valence-corrected chi connectivity index (χ4v) is 2.41. The molecule has 1 aromatic rings. The summed E-state index contributed by atoms with van der Waals surface area (Å²) in [7, 11) is 2.03. The molecule has 0 fully saturated rings. The minimum Gasteiger partial charge on any atom is -0.397 e. The Morgan fingerprint density at radius 1 is 1.39 bits per heavy atom. The molecule has 0 saturated heterocycles. The molecule has 3 N–H and O–H groups in total. The SMILES string of the molecule is CC(C)CN(C)c1cc2c(cc1N)CCC(=O)N2. The van der Waals surface area contributed by atoms with E-state index in [4.69, 9.17) is 5.73 Å². The van der Waals surface area contributed by atoms with Crippen molar-refractivity contribution >= 4 is 23.0 Å². The third-order valence-electron chi connectivity index (χ3n) is 3.20. The van der Waals surface area contributed by atoms with Gasteiger partial charge >= 0.3 is 0 Å². The zero-order valence-electron chi connectivity index (χ0n) is 11.3. The number of fused-ring (bicyclic) bond motifs is 1. The van der Waals surface area contributed by atoms with E-state index in [9.17, 15) is 4.79 Å². The molecule has 0 radical (unpaired) electrons. The Morgan fingerprint density at radius 3 is 2.78 bits per heavy atom. The highest BCUT2D eigenvalue weighted by molar-refractivity contribution is 5.95. The molecule has 0 unspecified atom stereocenters. The molecule has 1 aliphatic heterocycles. The van der Waals surface area contributed by atoms with Crippen LogP contribution in [-0.2, 0) is 11.2 Å².